The lowest BCUT2D eigenvalue weighted by molar-refractivity contribution is -0.0466. The molecule has 0 aromatic rings. The maximum absolute atomic E-state index is 9.59. The molecule has 0 saturated carbocycles. The van der Waals surface area contributed by atoms with Crippen molar-refractivity contribution in [3.8, 4) is 0 Å². The predicted molar refractivity (Wildman–Crippen MR) is 62.8 cm³/mol. The summed E-state index contributed by atoms with van der Waals surface area (Å²) in [6.07, 6.45) is 3.55. The van der Waals surface area contributed by atoms with E-state index in [1.165, 1.54) is 0 Å². The number of rotatable bonds is 9. The molecule has 4 nitrogen and oxygen atoms in total. The molecule has 0 amide bonds. The predicted octanol–water partition coefficient (Wildman–Crippen LogP) is 1.16. The van der Waals surface area contributed by atoms with Gasteiger partial charge in [-0.2, -0.15) is 0 Å². The second kappa shape index (κ2) is 8.01. The Morgan fingerprint density at radius 1 is 0.875 bits per heavy atom. The highest BCUT2D eigenvalue weighted by Crippen LogP contribution is 2.16. The lowest BCUT2D eigenvalue weighted by Gasteiger charge is -2.21. The molecule has 0 bridgehead atoms. The third-order valence-electron chi connectivity index (χ3n) is 2.48. The standard InChI is InChI=1S/C12H26O4/c1-12(2,16)9-10(13)7-5-3-4-6-8-11(14)15/h10-11,13-16H,3-9H2,1-2H3. The van der Waals surface area contributed by atoms with Crippen molar-refractivity contribution >= 4 is 0 Å². The van der Waals surface area contributed by atoms with Gasteiger partial charge in [-0.15, -0.1) is 0 Å². The molecule has 0 aromatic heterocycles. The fourth-order valence-electron chi connectivity index (χ4n) is 1.74. The summed E-state index contributed by atoms with van der Waals surface area (Å²) in [6.45, 7) is 3.39. The summed E-state index contributed by atoms with van der Waals surface area (Å²) < 4.78 is 0. The first-order valence-corrected chi connectivity index (χ1v) is 6.08. The van der Waals surface area contributed by atoms with E-state index < -0.39 is 18.0 Å². The summed E-state index contributed by atoms with van der Waals surface area (Å²) in [4.78, 5) is 0. The smallest absolute Gasteiger partial charge is 0.151 e. The third-order valence-corrected chi connectivity index (χ3v) is 2.48. The van der Waals surface area contributed by atoms with Crippen LogP contribution in [0, 0.1) is 0 Å². The lowest BCUT2D eigenvalue weighted by atomic mass is 9.97. The molecule has 0 aliphatic carbocycles. The van der Waals surface area contributed by atoms with Crippen LogP contribution in [0.25, 0.3) is 0 Å². The zero-order valence-electron chi connectivity index (χ0n) is 10.4. The van der Waals surface area contributed by atoms with Crippen molar-refractivity contribution in [3.05, 3.63) is 0 Å². The highest BCUT2D eigenvalue weighted by atomic mass is 16.5. The van der Waals surface area contributed by atoms with Crippen LogP contribution >= 0.6 is 0 Å². The molecule has 0 aromatic carbocycles. The van der Waals surface area contributed by atoms with Gasteiger partial charge in [-0.25, -0.2) is 0 Å². The van der Waals surface area contributed by atoms with Gasteiger partial charge >= 0.3 is 0 Å². The van der Waals surface area contributed by atoms with Crippen LogP contribution in [-0.4, -0.2) is 38.4 Å². The van der Waals surface area contributed by atoms with E-state index in [1.807, 2.05) is 0 Å². The van der Waals surface area contributed by atoms with E-state index in [0.29, 0.717) is 19.3 Å². The fourth-order valence-corrected chi connectivity index (χ4v) is 1.74. The van der Waals surface area contributed by atoms with E-state index in [9.17, 15) is 10.2 Å². The van der Waals surface area contributed by atoms with Gasteiger partial charge in [0.05, 0.1) is 11.7 Å². The van der Waals surface area contributed by atoms with Gasteiger partial charge in [-0.3, -0.25) is 0 Å². The highest BCUT2D eigenvalue weighted by molar-refractivity contribution is 4.70. The van der Waals surface area contributed by atoms with Gasteiger partial charge < -0.3 is 20.4 Å². The summed E-state index contributed by atoms with van der Waals surface area (Å²) in [5.74, 6) is 0. The molecule has 0 rings (SSSR count). The number of unbranched alkanes of at least 4 members (excludes halogenated alkanes) is 3. The molecule has 0 heterocycles. The van der Waals surface area contributed by atoms with Crippen molar-refractivity contribution in [3.63, 3.8) is 0 Å². The first-order chi connectivity index (χ1) is 7.31. The van der Waals surface area contributed by atoms with Crippen molar-refractivity contribution in [2.24, 2.45) is 0 Å². The quantitative estimate of drug-likeness (QED) is 0.356. The van der Waals surface area contributed by atoms with Crippen LogP contribution in [0.3, 0.4) is 0 Å². The Balaban J connectivity index is 3.31. The molecule has 0 spiro atoms. The van der Waals surface area contributed by atoms with E-state index in [1.54, 1.807) is 13.8 Å². The van der Waals surface area contributed by atoms with E-state index in [-0.39, 0.29) is 0 Å². The van der Waals surface area contributed by atoms with Gasteiger partial charge in [0.2, 0.25) is 0 Å². The molecule has 0 radical (unpaired) electrons. The van der Waals surface area contributed by atoms with Crippen molar-refractivity contribution in [1.82, 2.24) is 0 Å². The highest BCUT2D eigenvalue weighted by Gasteiger charge is 2.17. The van der Waals surface area contributed by atoms with Crippen LogP contribution < -0.4 is 0 Å². The average molecular weight is 234 g/mol. The minimum atomic E-state index is -1.19. The van der Waals surface area contributed by atoms with E-state index in [0.717, 1.165) is 25.7 Å². The van der Waals surface area contributed by atoms with Crippen LogP contribution in [0.4, 0.5) is 0 Å². The molecule has 98 valence electrons. The number of aliphatic hydroxyl groups excluding tert-OH is 2. The second-order valence-corrected chi connectivity index (χ2v) is 5.14. The third kappa shape index (κ3) is 11.9. The zero-order chi connectivity index (χ0) is 12.6. The monoisotopic (exact) mass is 234 g/mol. The molecule has 1 unspecified atom stereocenters. The van der Waals surface area contributed by atoms with Crippen molar-refractivity contribution in [1.29, 1.82) is 0 Å². The van der Waals surface area contributed by atoms with Crippen molar-refractivity contribution in [2.45, 2.75) is 76.8 Å². The summed E-state index contributed by atoms with van der Waals surface area (Å²) in [5.41, 5.74) is -0.805. The largest absolute Gasteiger partial charge is 0.393 e. The first kappa shape index (κ1) is 15.8. The second-order valence-electron chi connectivity index (χ2n) is 5.14. The Morgan fingerprint density at radius 2 is 1.38 bits per heavy atom. The Labute approximate surface area is 97.9 Å². The lowest BCUT2D eigenvalue weighted by Crippen LogP contribution is -2.26. The Hall–Kier alpha value is -0.160. The normalized spacial score (nSPS) is 14.4. The molecule has 0 saturated heterocycles. The average Bonchev–Trinajstić information content (AvgIpc) is 2.07. The van der Waals surface area contributed by atoms with Crippen molar-refractivity contribution < 1.29 is 20.4 Å². The van der Waals surface area contributed by atoms with E-state index in [4.69, 9.17) is 10.2 Å². The van der Waals surface area contributed by atoms with Crippen LogP contribution in [0.2, 0.25) is 0 Å². The van der Waals surface area contributed by atoms with E-state index >= 15 is 0 Å². The van der Waals surface area contributed by atoms with Gasteiger partial charge in [0.1, 0.15) is 0 Å². The maximum Gasteiger partial charge on any atom is 0.151 e. The Morgan fingerprint density at radius 3 is 1.81 bits per heavy atom. The number of hydrogen-bond acceptors (Lipinski definition) is 4. The summed E-state index contributed by atoms with van der Waals surface area (Å²) in [7, 11) is 0. The van der Waals surface area contributed by atoms with E-state index in [2.05, 4.69) is 0 Å². The Kier molecular flexibility index (Phi) is 7.93. The minimum absolute atomic E-state index is 0.405. The maximum atomic E-state index is 9.59. The molecule has 4 N–H and O–H groups in total. The molecule has 0 aliphatic rings. The molecule has 0 fully saturated rings. The Bertz CT molecular complexity index is 163. The summed E-state index contributed by atoms with van der Waals surface area (Å²) in [6, 6.07) is 0. The van der Waals surface area contributed by atoms with Gasteiger partial charge in [0, 0.05) is 6.42 Å². The van der Waals surface area contributed by atoms with Gasteiger partial charge in [0.25, 0.3) is 0 Å². The number of hydrogen-bond donors (Lipinski definition) is 4. The van der Waals surface area contributed by atoms with Crippen molar-refractivity contribution in [2.75, 3.05) is 0 Å². The molecule has 16 heavy (non-hydrogen) atoms. The summed E-state index contributed by atoms with van der Waals surface area (Å²) >= 11 is 0. The van der Waals surface area contributed by atoms with Crippen LogP contribution in [0.5, 0.6) is 0 Å². The topological polar surface area (TPSA) is 80.9 Å². The molecule has 0 aliphatic heterocycles. The summed E-state index contributed by atoms with van der Waals surface area (Å²) in [5, 5.41) is 36.3. The molecule has 4 heteroatoms. The zero-order valence-corrected chi connectivity index (χ0v) is 10.4. The van der Waals surface area contributed by atoms with Gasteiger partial charge in [-0.05, 0) is 33.1 Å². The van der Waals surface area contributed by atoms with Gasteiger partial charge in [0.15, 0.2) is 6.29 Å². The SMILES string of the molecule is CC(C)(O)CC(O)CCCCCCC(O)O. The number of aliphatic hydroxyl groups is 4. The fraction of sp³-hybridized carbons (Fsp3) is 1.00. The van der Waals surface area contributed by atoms with Gasteiger partial charge in [-0.1, -0.05) is 19.3 Å². The van der Waals surface area contributed by atoms with Crippen LogP contribution in [-0.2, 0) is 0 Å². The molecular formula is C12H26O4. The van der Waals surface area contributed by atoms with Crippen LogP contribution in [0.1, 0.15) is 58.8 Å². The molecular weight excluding hydrogens is 208 g/mol. The molecule has 1 atom stereocenters. The van der Waals surface area contributed by atoms with Crippen LogP contribution in [0.15, 0.2) is 0 Å². The minimum Gasteiger partial charge on any atom is -0.393 e. The first-order valence-electron chi connectivity index (χ1n) is 6.08.